The topological polar surface area (TPSA) is 172 Å². The molecular formula is C55H100NO10P. The molecule has 0 rings (SSSR count). The van der Waals surface area contributed by atoms with Crippen LogP contribution in [0.4, 0.5) is 0 Å². The largest absolute Gasteiger partial charge is 0.480 e. The molecule has 0 radical (unpaired) electrons. The Morgan fingerprint density at radius 3 is 1.22 bits per heavy atom. The van der Waals surface area contributed by atoms with E-state index >= 15 is 0 Å². The number of carboxylic acids is 1. The van der Waals surface area contributed by atoms with Crippen LogP contribution in [0.2, 0.25) is 0 Å². The number of carbonyl (C=O) groups is 3. The second-order valence-electron chi connectivity index (χ2n) is 18.4. The van der Waals surface area contributed by atoms with Gasteiger partial charge >= 0.3 is 25.7 Å². The average Bonchev–Trinajstić information content (AvgIpc) is 3.31. The zero-order valence-electron chi connectivity index (χ0n) is 42.7. The number of carboxylic acid groups (broad SMARTS) is 1. The lowest BCUT2D eigenvalue weighted by Gasteiger charge is -2.20. The molecule has 0 amide bonds. The number of hydrogen-bond donors (Lipinski definition) is 3. The fraction of sp³-hybridized carbons (Fsp3) is 0.800. The number of allylic oxidation sites excluding steroid dienone is 8. The maximum atomic E-state index is 12.7. The van der Waals surface area contributed by atoms with Gasteiger partial charge < -0.3 is 25.2 Å². The van der Waals surface area contributed by atoms with Crippen molar-refractivity contribution in [2.24, 2.45) is 5.73 Å². The molecule has 0 aliphatic heterocycles. The molecule has 11 nitrogen and oxygen atoms in total. The number of rotatable bonds is 51. The van der Waals surface area contributed by atoms with Crippen LogP contribution >= 0.6 is 7.82 Å². The van der Waals surface area contributed by atoms with Crippen LogP contribution in [0.3, 0.4) is 0 Å². The summed E-state index contributed by atoms with van der Waals surface area (Å²) in [6.45, 7) is 2.79. The molecule has 0 aromatic heterocycles. The smallest absolute Gasteiger partial charge is 0.472 e. The van der Waals surface area contributed by atoms with E-state index in [0.717, 1.165) is 38.5 Å². The standard InChI is InChI=1S/C55H100NO10P/c1-3-5-7-9-11-13-15-17-19-21-23-25-27-28-30-32-34-36-38-40-42-44-46-53(57)63-48-51(49-64-67(61,62)65-50-52(56)55(59)60)66-54(58)47-45-43-41-39-37-35-33-31-29-26-24-22-20-18-16-14-12-10-8-6-4-2/h20,22,26,29,33,35,39,41,51-52H,3-19,21,23-25,27-28,30-32,34,36-38,40,42-50,56H2,1-2H3,(H,59,60)(H,61,62)/b22-20+,29-26+,35-33+,41-39+/t51-,52+/m1/s1. The Balaban J connectivity index is 4.28. The molecular weight excluding hydrogens is 866 g/mol. The third-order valence-corrected chi connectivity index (χ3v) is 12.8. The summed E-state index contributed by atoms with van der Waals surface area (Å²) in [5.41, 5.74) is 5.35. The summed E-state index contributed by atoms with van der Waals surface area (Å²) in [4.78, 5) is 46.2. The van der Waals surface area contributed by atoms with E-state index in [9.17, 15) is 23.8 Å². The summed E-state index contributed by atoms with van der Waals surface area (Å²) in [7, 11) is -4.74. The van der Waals surface area contributed by atoms with Crippen LogP contribution in [0.5, 0.6) is 0 Å². The molecule has 390 valence electrons. The van der Waals surface area contributed by atoms with Crippen LogP contribution in [0.1, 0.15) is 251 Å². The van der Waals surface area contributed by atoms with Gasteiger partial charge in [0.25, 0.3) is 0 Å². The third-order valence-electron chi connectivity index (χ3n) is 11.8. The van der Waals surface area contributed by atoms with Crippen molar-refractivity contribution in [1.82, 2.24) is 0 Å². The number of aliphatic carboxylic acids is 1. The predicted octanol–water partition coefficient (Wildman–Crippen LogP) is 15.7. The molecule has 1 unspecified atom stereocenters. The van der Waals surface area contributed by atoms with Gasteiger partial charge in [-0.05, 0) is 51.4 Å². The first-order valence-electron chi connectivity index (χ1n) is 27.2. The second-order valence-corrected chi connectivity index (χ2v) is 19.8. The van der Waals surface area contributed by atoms with Gasteiger partial charge in [-0.1, -0.05) is 236 Å². The molecule has 0 saturated carbocycles. The minimum absolute atomic E-state index is 0.0864. The Bertz CT molecular complexity index is 1320. The van der Waals surface area contributed by atoms with Gasteiger partial charge in [-0.2, -0.15) is 0 Å². The Kier molecular flexibility index (Phi) is 47.9. The summed E-state index contributed by atoms with van der Waals surface area (Å²) in [5, 5.41) is 8.93. The highest BCUT2D eigenvalue weighted by molar-refractivity contribution is 7.47. The summed E-state index contributed by atoms with van der Waals surface area (Å²) < 4.78 is 32.8. The summed E-state index contributed by atoms with van der Waals surface area (Å²) in [6.07, 6.45) is 59.1. The maximum absolute atomic E-state index is 12.7. The highest BCUT2D eigenvalue weighted by Crippen LogP contribution is 2.43. The maximum Gasteiger partial charge on any atom is 0.472 e. The van der Waals surface area contributed by atoms with Crippen LogP contribution < -0.4 is 5.73 Å². The number of phosphoric ester groups is 1. The zero-order valence-corrected chi connectivity index (χ0v) is 43.6. The van der Waals surface area contributed by atoms with Gasteiger partial charge in [0.15, 0.2) is 6.10 Å². The number of carbonyl (C=O) groups excluding carboxylic acids is 2. The average molecular weight is 966 g/mol. The molecule has 0 fully saturated rings. The minimum atomic E-state index is -4.74. The summed E-state index contributed by atoms with van der Waals surface area (Å²) >= 11 is 0. The van der Waals surface area contributed by atoms with E-state index in [1.165, 1.54) is 167 Å². The van der Waals surface area contributed by atoms with E-state index < -0.39 is 51.1 Å². The molecule has 0 saturated heterocycles. The zero-order chi connectivity index (χ0) is 49.2. The van der Waals surface area contributed by atoms with Gasteiger partial charge in [0, 0.05) is 12.8 Å². The first-order valence-corrected chi connectivity index (χ1v) is 28.7. The number of esters is 2. The van der Waals surface area contributed by atoms with Crippen molar-refractivity contribution in [2.75, 3.05) is 19.8 Å². The summed E-state index contributed by atoms with van der Waals surface area (Å²) in [5.74, 6) is -2.44. The molecule has 4 N–H and O–H groups in total. The van der Waals surface area contributed by atoms with Gasteiger partial charge in [0.05, 0.1) is 13.2 Å². The van der Waals surface area contributed by atoms with Gasteiger partial charge in [0.1, 0.15) is 12.6 Å². The summed E-state index contributed by atoms with van der Waals surface area (Å²) in [6, 6.07) is -1.53. The van der Waals surface area contributed by atoms with Gasteiger partial charge in [0.2, 0.25) is 0 Å². The Morgan fingerprint density at radius 2 is 0.806 bits per heavy atom. The monoisotopic (exact) mass is 966 g/mol. The van der Waals surface area contributed by atoms with E-state index in [4.69, 9.17) is 24.8 Å². The lowest BCUT2D eigenvalue weighted by molar-refractivity contribution is -0.161. The van der Waals surface area contributed by atoms with Gasteiger partial charge in [-0.3, -0.25) is 23.4 Å². The van der Waals surface area contributed by atoms with Crippen molar-refractivity contribution >= 4 is 25.7 Å². The number of phosphoric acid groups is 1. The first-order chi connectivity index (χ1) is 32.6. The van der Waals surface area contributed by atoms with Gasteiger partial charge in [-0.15, -0.1) is 0 Å². The van der Waals surface area contributed by atoms with Crippen molar-refractivity contribution in [3.8, 4) is 0 Å². The third kappa shape index (κ3) is 49.7. The fourth-order valence-corrected chi connectivity index (χ4v) is 8.37. The minimum Gasteiger partial charge on any atom is -0.480 e. The van der Waals surface area contributed by atoms with Gasteiger partial charge in [-0.25, -0.2) is 4.57 Å². The van der Waals surface area contributed by atoms with Crippen molar-refractivity contribution in [3.05, 3.63) is 48.6 Å². The molecule has 12 heteroatoms. The molecule has 0 aromatic carbocycles. The lowest BCUT2D eigenvalue weighted by atomic mass is 10.0. The number of ether oxygens (including phenoxy) is 2. The van der Waals surface area contributed by atoms with Crippen molar-refractivity contribution < 1.29 is 47.5 Å². The first kappa shape index (κ1) is 64.4. The van der Waals surface area contributed by atoms with E-state index in [1.54, 1.807) is 0 Å². The van der Waals surface area contributed by atoms with Crippen molar-refractivity contribution in [2.45, 2.75) is 264 Å². The molecule has 0 aromatic rings. The highest BCUT2D eigenvalue weighted by Gasteiger charge is 2.28. The van der Waals surface area contributed by atoms with Crippen LogP contribution in [0.15, 0.2) is 48.6 Å². The number of unbranched alkanes of at least 4 members (excludes halogenated alkanes) is 29. The second kappa shape index (κ2) is 49.8. The number of nitrogens with two attached hydrogens (primary N) is 1. The lowest BCUT2D eigenvalue weighted by Crippen LogP contribution is -2.34. The predicted molar refractivity (Wildman–Crippen MR) is 277 cm³/mol. The van der Waals surface area contributed by atoms with Crippen LogP contribution in [-0.4, -0.2) is 59.9 Å². The molecule has 0 spiro atoms. The Morgan fingerprint density at radius 1 is 0.463 bits per heavy atom. The molecule has 0 heterocycles. The van der Waals surface area contributed by atoms with Crippen LogP contribution in [0, 0.1) is 0 Å². The van der Waals surface area contributed by atoms with E-state index in [-0.39, 0.29) is 19.4 Å². The normalized spacial score (nSPS) is 13.9. The molecule has 0 aliphatic carbocycles. The van der Waals surface area contributed by atoms with Crippen LogP contribution in [-0.2, 0) is 37.5 Å². The molecule has 3 atom stereocenters. The van der Waals surface area contributed by atoms with Crippen LogP contribution in [0.25, 0.3) is 0 Å². The Hall–Kier alpha value is -2.56. The fourth-order valence-electron chi connectivity index (χ4n) is 7.59. The SMILES string of the molecule is CCCCCCCCC/C=C/C/C=C/C/C=C/C/C=C/CCCC(=O)O[C@H](COC(=O)CCCCCCCCCCCCCCCCCCCCCCCC)COP(=O)(O)OC[C@H](N)C(=O)O. The molecule has 0 bridgehead atoms. The molecule has 0 aliphatic rings. The Labute approximate surface area is 409 Å². The van der Waals surface area contributed by atoms with E-state index in [2.05, 4.69) is 54.8 Å². The van der Waals surface area contributed by atoms with E-state index in [0.29, 0.717) is 19.3 Å². The number of hydrogen-bond acceptors (Lipinski definition) is 9. The quantitative estimate of drug-likeness (QED) is 0.0229. The van der Waals surface area contributed by atoms with E-state index in [1.807, 2.05) is 12.2 Å². The van der Waals surface area contributed by atoms with Crippen molar-refractivity contribution in [3.63, 3.8) is 0 Å². The molecule has 67 heavy (non-hydrogen) atoms. The highest BCUT2D eigenvalue weighted by atomic mass is 31.2. The van der Waals surface area contributed by atoms with Crippen molar-refractivity contribution in [1.29, 1.82) is 0 Å².